The van der Waals surface area contributed by atoms with Crippen molar-refractivity contribution in [3.05, 3.63) is 41.5 Å². The smallest absolute Gasteiger partial charge is 0.243 e. The molecule has 1 aliphatic heterocycles. The highest BCUT2D eigenvalue weighted by Crippen LogP contribution is 2.42. The number of nitrogens with zero attached hydrogens (tertiary/aromatic N) is 2. The molecule has 0 radical (unpaired) electrons. The second-order valence-corrected chi connectivity index (χ2v) is 6.27. The van der Waals surface area contributed by atoms with Gasteiger partial charge >= 0.3 is 0 Å². The molecule has 9 heteroatoms. The first-order chi connectivity index (χ1) is 14.5. The van der Waals surface area contributed by atoms with Crippen molar-refractivity contribution >= 4 is 11.8 Å². The van der Waals surface area contributed by atoms with Gasteiger partial charge in [0.2, 0.25) is 23.8 Å². The van der Waals surface area contributed by atoms with E-state index in [4.69, 9.17) is 28.4 Å². The van der Waals surface area contributed by atoms with E-state index in [0.29, 0.717) is 39.9 Å². The van der Waals surface area contributed by atoms with Crippen molar-refractivity contribution in [2.24, 2.45) is 5.10 Å². The predicted octanol–water partition coefficient (Wildman–Crippen LogP) is 2.97. The van der Waals surface area contributed by atoms with Gasteiger partial charge in [0.15, 0.2) is 23.0 Å². The Bertz CT molecular complexity index is 949. The molecule has 0 aromatic heterocycles. The molecule has 160 valence electrons. The molecular formula is C21H24N2O7. The topological polar surface area (TPSA) is 88.1 Å². The number of benzene rings is 2. The van der Waals surface area contributed by atoms with Gasteiger partial charge in [0.1, 0.15) is 0 Å². The molecule has 30 heavy (non-hydrogen) atoms. The molecule has 0 N–H and O–H groups in total. The first-order valence-corrected chi connectivity index (χ1v) is 9.04. The summed E-state index contributed by atoms with van der Waals surface area (Å²) < 4.78 is 32.9. The third-order valence-corrected chi connectivity index (χ3v) is 4.57. The fourth-order valence-electron chi connectivity index (χ4n) is 3.11. The third kappa shape index (κ3) is 3.78. The number of hydrazone groups is 1. The standard InChI is InChI=1S/C21H24N2O7/c1-12(24)23-21(14-10-17(27-4)19(29-6)18(11-14)28-5)30-20(22-23)13-7-8-15(25-2)16(9-13)26-3/h7-11,21H,1-6H3. The molecule has 0 saturated carbocycles. The molecule has 2 aromatic rings. The van der Waals surface area contributed by atoms with Gasteiger partial charge in [0, 0.05) is 18.1 Å². The Balaban J connectivity index is 2.02. The summed E-state index contributed by atoms with van der Waals surface area (Å²) in [6, 6.07) is 8.68. The summed E-state index contributed by atoms with van der Waals surface area (Å²) in [7, 11) is 7.65. The van der Waals surface area contributed by atoms with E-state index < -0.39 is 6.23 Å². The van der Waals surface area contributed by atoms with E-state index in [1.807, 2.05) is 0 Å². The molecule has 1 amide bonds. The fraction of sp³-hybridized carbons (Fsp3) is 0.333. The molecular weight excluding hydrogens is 392 g/mol. The van der Waals surface area contributed by atoms with Gasteiger partial charge in [-0.05, 0) is 30.3 Å². The van der Waals surface area contributed by atoms with Crippen LogP contribution in [0, 0.1) is 0 Å². The summed E-state index contributed by atoms with van der Waals surface area (Å²) in [6.07, 6.45) is -0.806. The zero-order valence-corrected chi connectivity index (χ0v) is 17.7. The molecule has 0 bridgehead atoms. The van der Waals surface area contributed by atoms with Crippen molar-refractivity contribution in [2.45, 2.75) is 13.2 Å². The lowest BCUT2D eigenvalue weighted by Crippen LogP contribution is -2.25. The van der Waals surface area contributed by atoms with Crippen LogP contribution in [0.1, 0.15) is 24.3 Å². The summed E-state index contributed by atoms with van der Waals surface area (Å²) >= 11 is 0. The quantitative estimate of drug-likeness (QED) is 0.686. The maximum Gasteiger partial charge on any atom is 0.243 e. The molecule has 1 atom stereocenters. The van der Waals surface area contributed by atoms with Crippen LogP contribution in [-0.4, -0.2) is 52.4 Å². The summed E-state index contributed by atoms with van der Waals surface area (Å²) in [5.74, 6) is 2.40. The van der Waals surface area contributed by atoms with Crippen molar-refractivity contribution in [2.75, 3.05) is 35.5 Å². The Morgan fingerprint density at radius 1 is 0.867 bits per heavy atom. The second kappa shape index (κ2) is 8.81. The lowest BCUT2D eigenvalue weighted by molar-refractivity contribution is -0.135. The number of ether oxygens (including phenoxy) is 6. The number of methoxy groups -OCH3 is 5. The number of carbonyl (C=O) groups excluding carboxylic acids is 1. The van der Waals surface area contributed by atoms with E-state index in [9.17, 15) is 4.79 Å². The van der Waals surface area contributed by atoms with Crippen LogP contribution >= 0.6 is 0 Å². The summed E-state index contributed by atoms with van der Waals surface area (Å²) in [4.78, 5) is 12.3. The zero-order valence-electron chi connectivity index (χ0n) is 17.7. The number of carbonyl (C=O) groups is 1. The van der Waals surface area contributed by atoms with Crippen LogP contribution in [0.4, 0.5) is 0 Å². The van der Waals surface area contributed by atoms with Crippen molar-refractivity contribution in [3.8, 4) is 28.7 Å². The van der Waals surface area contributed by atoms with Gasteiger partial charge < -0.3 is 28.4 Å². The Morgan fingerprint density at radius 3 is 1.97 bits per heavy atom. The monoisotopic (exact) mass is 416 g/mol. The lowest BCUT2D eigenvalue weighted by Gasteiger charge is -2.21. The molecule has 9 nitrogen and oxygen atoms in total. The minimum Gasteiger partial charge on any atom is -0.493 e. The highest BCUT2D eigenvalue weighted by molar-refractivity contribution is 5.97. The van der Waals surface area contributed by atoms with Crippen molar-refractivity contribution in [3.63, 3.8) is 0 Å². The number of hydrogen-bond donors (Lipinski definition) is 0. The molecule has 0 aliphatic carbocycles. The normalized spacial score (nSPS) is 15.2. The molecule has 2 aromatic carbocycles. The number of rotatable bonds is 7. The van der Waals surface area contributed by atoms with Crippen LogP contribution < -0.4 is 23.7 Å². The molecule has 0 fully saturated rings. The summed E-state index contributed by atoms with van der Waals surface area (Å²) in [6.45, 7) is 1.41. The van der Waals surface area contributed by atoms with Crippen LogP contribution in [-0.2, 0) is 9.53 Å². The van der Waals surface area contributed by atoms with Crippen LogP contribution in [0.5, 0.6) is 28.7 Å². The number of amides is 1. The Labute approximate surface area is 174 Å². The van der Waals surface area contributed by atoms with Gasteiger partial charge in [0.05, 0.1) is 35.5 Å². The molecule has 1 unspecified atom stereocenters. The Hall–Kier alpha value is -3.62. The molecule has 3 rings (SSSR count). The van der Waals surface area contributed by atoms with E-state index in [0.717, 1.165) is 0 Å². The maximum atomic E-state index is 12.3. The minimum atomic E-state index is -0.806. The zero-order chi connectivity index (χ0) is 21.8. The highest BCUT2D eigenvalue weighted by Gasteiger charge is 2.35. The van der Waals surface area contributed by atoms with Gasteiger partial charge in [-0.1, -0.05) is 0 Å². The van der Waals surface area contributed by atoms with Crippen molar-refractivity contribution < 1.29 is 33.2 Å². The van der Waals surface area contributed by atoms with E-state index >= 15 is 0 Å². The molecule has 1 aliphatic rings. The average Bonchev–Trinajstić information content (AvgIpc) is 3.23. The maximum absolute atomic E-state index is 12.3. The van der Waals surface area contributed by atoms with Crippen molar-refractivity contribution in [1.82, 2.24) is 5.01 Å². The Morgan fingerprint density at radius 2 is 1.47 bits per heavy atom. The lowest BCUT2D eigenvalue weighted by atomic mass is 10.1. The van der Waals surface area contributed by atoms with Gasteiger partial charge in [-0.25, -0.2) is 0 Å². The van der Waals surface area contributed by atoms with E-state index in [1.54, 1.807) is 44.6 Å². The summed E-state index contributed by atoms with van der Waals surface area (Å²) in [5, 5.41) is 5.63. The molecule has 0 saturated heterocycles. The minimum absolute atomic E-state index is 0.268. The molecule has 1 heterocycles. The first-order valence-electron chi connectivity index (χ1n) is 9.04. The van der Waals surface area contributed by atoms with Crippen LogP contribution in [0.3, 0.4) is 0 Å². The van der Waals surface area contributed by atoms with Crippen LogP contribution in [0.15, 0.2) is 35.4 Å². The van der Waals surface area contributed by atoms with Gasteiger partial charge in [-0.3, -0.25) is 4.79 Å². The van der Waals surface area contributed by atoms with Gasteiger partial charge in [0.25, 0.3) is 0 Å². The van der Waals surface area contributed by atoms with Gasteiger partial charge in [-0.2, -0.15) is 5.01 Å². The van der Waals surface area contributed by atoms with E-state index in [-0.39, 0.29) is 11.8 Å². The largest absolute Gasteiger partial charge is 0.493 e. The van der Waals surface area contributed by atoms with Crippen LogP contribution in [0.25, 0.3) is 0 Å². The highest BCUT2D eigenvalue weighted by atomic mass is 16.5. The van der Waals surface area contributed by atoms with Crippen LogP contribution in [0.2, 0.25) is 0 Å². The average molecular weight is 416 g/mol. The van der Waals surface area contributed by atoms with Crippen molar-refractivity contribution in [1.29, 1.82) is 0 Å². The van der Waals surface area contributed by atoms with Gasteiger partial charge in [-0.15, -0.1) is 5.10 Å². The molecule has 0 spiro atoms. The summed E-state index contributed by atoms with van der Waals surface area (Å²) in [5.41, 5.74) is 1.24. The second-order valence-electron chi connectivity index (χ2n) is 6.27. The fourth-order valence-corrected chi connectivity index (χ4v) is 3.11. The number of hydrogen-bond acceptors (Lipinski definition) is 8. The van der Waals surface area contributed by atoms with E-state index in [2.05, 4.69) is 5.10 Å². The first kappa shape index (κ1) is 21.1. The van der Waals surface area contributed by atoms with E-state index in [1.165, 1.54) is 33.3 Å². The SMILES string of the molecule is COc1ccc(C2=NN(C(C)=O)C(c3cc(OC)c(OC)c(OC)c3)O2)cc1OC. The predicted molar refractivity (Wildman–Crippen MR) is 109 cm³/mol. The third-order valence-electron chi connectivity index (χ3n) is 4.57. The Kier molecular flexibility index (Phi) is 6.20.